The van der Waals surface area contributed by atoms with Crippen molar-refractivity contribution in [1.29, 1.82) is 0 Å². The van der Waals surface area contributed by atoms with Crippen molar-refractivity contribution < 1.29 is 9.53 Å². The van der Waals surface area contributed by atoms with E-state index in [4.69, 9.17) is 10.5 Å². The van der Waals surface area contributed by atoms with Gasteiger partial charge in [-0.1, -0.05) is 42.5 Å². The van der Waals surface area contributed by atoms with Crippen LogP contribution in [0.2, 0.25) is 0 Å². The molecule has 0 spiro atoms. The lowest BCUT2D eigenvalue weighted by atomic mass is 9.79. The first-order chi connectivity index (χ1) is 14.2. The van der Waals surface area contributed by atoms with Crippen LogP contribution >= 0.6 is 0 Å². The molecule has 2 aliphatic heterocycles. The smallest absolute Gasteiger partial charge is 0.242 e. The van der Waals surface area contributed by atoms with Gasteiger partial charge in [-0.05, 0) is 68.0 Å². The van der Waals surface area contributed by atoms with Crippen molar-refractivity contribution in [2.24, 2.45) is 11.7 Å². The zero-order valence-electron chi connectivity index (χ0n) is 17.0. The number of nitrogens with two attached hydrogens (primary N) is 1. The fraction of sp³-hybridized carbons (Fsp3) is 0.458. The number of likely N-dealkylation sites (tertiary alicyclic amines) is 1. The minimum absolute atomic E-state index is 0.268. The highest BCUT2D eigenvalue weighted by atomic mass is 16.5. The number of nitrogens with zero attached hydrogens (tertiary/aromatic N) is 1. The number of primary amides is 1. The van der Waals surface area contributed by atoms with E-state index >= 15 is 0 Å². The summed E-state index contributed by atoms with van der Waals surface area (Å²) in [6, 6.07) is 18.2. The highest BCUT2D eigenvalue weighted by Crippen LogP contribution is 2.32. The number of para-hydroxylation sites is 1. The average Bonchev–Trinajstić information content (AvgIpc) is 2.77. The number of hydrogen-bond donors (Lipinski definition) is 2. The first-order valence-corrected chi connectivity index (χ1v) is 10.7. The molecule has 0 aliphatic carbocycles. The fourth-order valence-corrected chi connectivity index (χ4v) is 4.66. The highest BCUT2D eigenvalue weighted by molar-refractivity contribution is 5.87. The van der Waals surface area contributed by atoms with Gasteiger partial charge in [-0.15, -0.1) is 0 Å². The topological polar surface area (TPSA) is 67.6 Å². The number of hydrogen-bond acceptors (Lipinski definition) is 4. The van der Waals surface area contributed by atoms with Crippen molar-refractivity contribution in [3.63, 3.8) is 0 Å². The van der Waals surface area contributed by atoms with Gasteiger partial charge < -0.3 is 15.4 Å². The molecule has 1 fully saturated rings. The lowest BCUT2D eigenvalue weighted by Crippen LogP contribution is -2.57. The summed E-state index contributed by atoms with van der Waals surface area (Å²) < 4.78 is 5.93. The molecule has 0 saturated carbocycles. The molecular weight excluding hydrogens is 362 g/mol. The van der Waals surface area contributed by atoms with E-state index in [1.165, 1.54) is 5.56 Å². The van der Waals surface area contributed by atoms with E-state index in [0.717, 1.165) is 63.4 Å². The summed E-state index contributed by atoms with van der Waals surface area (Å²) in [6.45, 7) is 4.52. The Morgan fingerprint density at radius 3 is 2.59 bits per heavy atom. The van der Waals surface area contributed by atoms with Crippen LogP contribution in [0.4, 0.5) is 0 Å². The van der Waals surface area contributed by atoms with Crippen LogP contribution in [-0.2, 0) is 16.8 Å². The van der Waals surface area contributed by atoms with Crippen LogP contribution < -0.4 is 15.8 Å². The predicted octanol–water partition coefficient (Wildman–Crippen LogP) is 2.69. The van der Waals surface area contributed by atoms with Gasteiger partial charge in [-0.25, -0.2) is 0 Å². The largest absolute Gasteiger partial charge is 0.493 e. The van der Waals surface area contributed by atoms with Crippen LogP contribution in [0.1, 0.15) is 30.4 Å². The number of benzene rings is 2. The van der Waals surface area contributed by atoms with E-state index in [1.54, 1.807) is 0 Å². The molecule has 5 nitrogen and oxygen atoms in total. The second-order valence-electron chi connectivity index (χ2n) is 8.26. The molecule has 2 aliphatic rings. The molecule has 0 radical (unpaired) electrons. The SMILES string of the molecule is NC(=O)C1(CCN2CCC(COc3ccccc3)CC2)NCCc2ccccc21. The van der Waals surface area contributed by atoms with E-state index in [1.807, 2.05) is 42.5 Å². The van der Waals surface area contributed by atoms with Crippen LogP contribution in [0.15, 0.2) is 54.6 Å². The maximum Gasteiger partial charge on any atom is 0.242 e. The Kier molecular flexibility index (Phi) is 6.16. The van der Waals surface area contributed by atoms with E-state index in [2.05, 4.69) is 22.3 Å². The number of fused-ring (bicyclic) bond motifs is 1. The minimum atomic E-state index is -0.748. The van der Waals surface area contributed by atoms with E-state index in [-0.39, 0.29) is 5.91 Å². The minimum Gasteiger partial charge on any atom is -0.493 e. The van der Waals surface area contributed by atoms with Gasteiger partial charge in [0.25, 0.3) is 0 Å². The lowest BCUT2D eigenvalue weighted by Gasteiger charge is -2.40. The molecule has 1 saturated heterocycles. The van der Waals surface area contributed by atoms with Crippen LogP contribution in [0, 0.1) is 5.92 Å². The van der Waals surface area contributed by atoms with Gasteiger partial charge >= 0.3 is 0 Å². The zero-order chi connectivity index (χ0) is 20.1. The van der Waals surface area contributed by atoms with Gasteiger partial charge in [0.2, 0.25) is 5.91 Å². The molecule has 1 atom stereocenters. The Bertz CT molecular complexity index is 818. The summed E-state index contributed by atoms with van der Waals surface area (Å²) in [7, 11) is 0. The molecule has 4 rings (SSSR count). The third-order valence-corrected chi connectivity index (χ3v) is 6.46. The van der Waals surface area contributed by atoms with Gasteiger partial charge in [0, 0.05) is 13.1 Å². The van der Waals surface area contributed by atoms with Crippen molar-refractivity contribution in [2.45, 2.75) is 31.2 Å². The summed E-state index contributed by atoms with van der Waals surface area (Å²) in [5.74, 6) is 1.27. The first-order valence-electron chi connectivity index (χ1n) is 10.7. The summed E-state index contributed by atoms with van der Waals surface area (Å²) in [6.07, 6.45) is 3.91. The molecule has 2 aromatic carbocycles. The molecule has 154 valence electrons. The van der Waals surface area contributed by atoms with Crippen LogP contribution in [0.3, 0.4) is 0 Å². The number of rotatable bonds is 7. The molecule has 29 heavy (non-hydrogen) atoms. The quantitative estimate of drug-likeness (QED) is 0.759. The molecule has 2 heterocycles. The lowest BCUT2D eigenvalue weighted by molar-refractivity contribution is -0.125. The molecule has 2 aromatic rings. The van der Waals surface area contributed by atoms with Crippen molar-refractivity contribution >= 4 is 5.91 Å². The Labute approximate surface area is 173 Å². The molecule has 1 unspecified atom stereocenters. The average molecular weight is 394 g/mol. The molecular formula is C24H31N3O2. The number of carbonyl (C=O) groups is 1. The predicted molar refractivity (Wildman–Crippen MR) is 115 cm³/mol. The maximum absolute atomic E-state index is 12.5. The maximum atomic E-state index is 12.5. The number of amides is 1. The summed E-state index contributed by atoms with van der Waals surface area (Å²) in [5, 5.41) is 3.45. The van der Waals surface area contributed by atoms with E-state index in [0.29, 0.717) is 12.3 Å². The Hall–Kier alpha value is -2.37. The normalized spacial score (nSPS) is 22.8. The highest BCUT2D eigenvalue weighted by Gasteiger charge is 2.41. The van der Waals surface area contributed by atoms with Gasteiger partial charge in [0.1, 0.15) is 11.3 Å². The summed E-state index contributed by atoms with van der Waals surface area (Å²) in [4.78, 5) is 15.0. The fourth-order valence-electron chi connectivity index (χ4n) is 4.66. The number of nitrogens with one attached hydrogen (secondary N) is 1. The summed E-state index contributed by atoms with van der Waals surface area (Å²) in [5.41, 5.74) is 7.46. The van der Waals surface area contributed by atoms with Crippen LogP contribution in [0.5, 0.6) is 5.75 Å². The molecule has 5 heteroatoms. The second-order valence-corrected chi connectivity index (χ2v) is 8.26. The van der Waals surface area contributed by atoms with E-state index in [9.17, 15) is 4.79 Å². The third-order valence-electron chi connectivity index (χ3n) is 6.46. The third kappa shape index (κ3) is 4.46. The van der Waals surface area contributed by atoms with Gasteiger partial charge in [-0.2, -0.15) is 0 Å². The van der Waals surface area contributed by atoms with Gasteiger partial charge in [0.15, 0.2) is 0 Å². The number of carbonyl (C=O) groups excluding carboxylic acids is 1. The van der Waals surface area contributed by atoms with E-state index < -0.39 is 5.54 Å². The monoisotopic (exact) mass is 393 g/mol. The molecule has 1 amide bonds. The van der Waals surface area contributed by atoms with Crippen molar-refractivity contribution in [3.05, 3.63) is 65.7 Å². The molecule has 0 aromatic heterocycles. The number of ether oxygens (including phenoxy) is 1. The molecule has 0 bridgehead atoms. The standard InChI is InChI=1S/C24H31N3O2/c25-23(28)24(22-9-5-4-6-20(22)10-14-26-24)13-17-27-15-11-19(12-16-27)18-29-21-7-2-1-3-8-21/h1-9,19,26H,10-18H2,(H2,25,28). The Morgan fingerprint density at radius 1 is 1.10 bits per heavy atom. The van der Waals surface area contributed by atoms with Crippen LogP contribution in [0.25, 0.3) is 0 Å². The van der Waals surface area contributed by atoms with Gasteiger partial charge in [0.05, 0.1) is 6.61 Å². The Morgan fingerprint density at radius 2 is 1.83 bits per heavy atom. The first kappa shape index (κ1) is 19.9. The second kappa shape index (κ2) is 8.97. The van der Waals surface area contributed by atoms with Crippen molar-refractivity contribution in [2.75, 3.05) is 32.8 Å². The Balaban J connectivity index is 1.31. The molecule has 3 N–H and O–H groups in total. The zero-order valence-corrected chi connectivity index (χ0v) is 17.0. The van der Waals surface area contributed by atoms with Crippen molar-refractivity contribution in [1.82, 2.24) is 10.2 Å². The van der Waals surface area contributed by atoms with Gasteiger partial charge in [-0.3, -0.25) is 10.1 Å². The summed E-state index contributed by atoms with van der Waals surface area (Å²) >= 11 is 0. The van der Waals surface area contributed by atoms with Crippen LogP contribution in [-0.4, -0.2) is 43.6 Å². The number of piperidine rings is 1. The van der Waals surface area contributed by atoms with Crippen molar-refractivity contribution in [3.8, 4) is 5.75 Å².